The Morgan fingerprint density at radius 2 is 2.30 bits per heavy atom. The van der Waals surface area contributed by atoms with Crippen LogP contribution in [-0.4, -0.2) is 33.0 Å². The summed E-state index contributed by atoms with van der Waals surface area (Å²) < 4.78 is 0. The molecular formula is C11H10N4O4S. The lowest BCUT2D eigenvalue weighted by Crippen LogP contribution is -2.19. The maximum absolute atomic E-state index is 11.1. The molecule has 20 heavy (non-hydrogen) atoms. The topological polar surface area (TPSA) is 109 Å². The smallest absolute Gasteiger partial charge is 0.342 e. The van der Waals surface area contributed by atoms with Crippen molar-refractivity contribution in [3.8, 4) is 0 Å². The van der Waals surface area contributed by atoms with Crippen LogP contribution in [0.1, 0.15) is 16.1 Å². The van der Waals surface area contributed by atoms with E-state index in [1.807, 2.05) is 5.38 Å². The third-order valence-corrected chi connectivity index (χ3v) is 3.20. The zero-order chi connectivity index (χ0) is 14.7. The minimum Gasteiger partial charge on any atom is -0.477 e. The van der Waals surface area contributed by atoms with Gasteiger partial charge in [0.2, 0.25) is 0 Å². The zero-order valence-corrected chi connectivity index (χ0v) is 11.2. The number of carbonyl (C=O) groups is 1. The van der Waals surface area contributed by atoms with Crippen LogP contribution in [0.3, 0.4) is 0 Å². The highest BCUT2D eigenvalue weighted by Gasteiger charge is 2.22. The van der Waals surface area contributed by atoms with Gasteiger partial charge in [-0.1, -0.05) is 0 Å². The number of hydrogen-bond acceptors (Lipinski definition) is 7. The second-order valence-electron chi connectivity index (χ2n) is 3.96. The molecule has 8 nitrogen and oxygen atoms in total. The summed E-state index contributed by atoms with van der Waals surface area (Å²) in [5.41, 5.74) is 1.60. The molecule has 0 amide bonds. The van der Waals surface area contributed by atoms with Gasteiger partial charge in [-0.2, -0.15) is 0 Å². The van der Waals surface area contributed by atoms with Crippen LogP contribution < -0.4 is 4.90 Å². The van der Waals surface area contributed by atoms with E-state index in [-0.39, 0.29) is 5.56 Å². The molecule has 2 aromatic heterocycles. The van der Waals surface area contributed by atoms with Crippen molar-refractivity contribution in [1.82, 2.24) is 9.97 Å². The van der Waals surface area contributed by atoms with E-state index >= 15 is 0 Å². The molecule has 0 aliphatic heterocycles. The minimum atomic E-state index is -1.36. The van der Waals surface area contributed by atoms with Crippen molar-refractivity contribution in [2.24, 2.45) is 0 Å². The van der Waals surface area contributed by atoms with Gasteiger partial charge in [-0.15, -0.1) is 11.3 Å². The van der Waals surface area contributed by atoms with Gasteiger partial charge in [-0.05, 0) is 0 Å². The summed E-state index contributed by atoms with van der Waals surface area (Å²) in [6, 6.07) is 1.19. The van der Waals surface area contributed by atoms with Crippen LogP contribution in [0.5, 0.6) is 0 Å². The summed E-state index contributed by atoms with van der Waals surface area (Å²) >= 11 is 1.45. The number of carboxylic acid groups (broad SMARTS) is 1. The van der Waals surface area contributed by atoms with Gasteiger partial charge in [0.1, 0.15) is 17.6 Å². The second kappa shape index (κ2) is 5.61. The number of nitro groups is 1. The maximum Gasteiger partial charge on any atom is 0.342 e. The molecular weight excluding hydrogens is 284 g/mol. The number of pyridine rings is 1. The third-order valence-electron chi connectivity index (χ3n) is 2.57. The van der Waals surface area contributed by atoms with Gasteiger partial charge in [0.25, 0.3) is 0 Å². The van der Waals surface area contributed by atoms with E-state index in [1.54, 1.807) is 17.5 Å². The molecule has 1 N–H and O–H groups in total. The molecule has 0 bridgehead atoms. The number of aromatic carboxylic acids is 1. The fraction of sp³-hybridized carbons (Fsp3) is 0.182. The lowest BCUT2D eigenvalue weighted by atomic mass is 10.2. The normalized spacial score (nSPS) is 10.2. The van der Waals surface area contributed by atoms with Gasteiger partial charge < -0.3 is 10.0 Å². The first-order valence-corrected chi connectivity index (χ1v) is 6.39. The van der Waals surface area contributed by atoms with Gasteiger partial charge in [0, 0.05) is 18.5 Å². The van der Waals surface area contributed by atoms with Crippen molar-refractivity contribution in [3.63, 3.8) is 0 Å². The number of rotatable bonds is 5. The maximum atomic E-state index is 11.1. The summed E-state index contributed by atoms with van der Waals surface area (Å²) in [4.78, 5) is 30.7. The number of anilines is 1. The fourth-order valence-electron chi connectivity index (χ4n) is 1.60. The third kappa shape index (κ3) is 2.88. The Balaban J connectivity index is 2.31. The van der Waals surface area contributed by atoms with E-state index < -0.39 is 16.6 Å². The first kappa shape index (κ1) is 13.9. The molecule has 0 radical (unpaired) electrons. The number of thiazole rings is 1. The first-order chi connectivity index (χ1) is 9.49. The fourth-order valence-corrected chi connectivity index (χ4v) is 2.15. The van der Waals surface area contributed by atoms with E-state index in [9.17, 15) is 14.9 Å². The van der Waals surface area contributed by atoms with E-state index in [1.165, 1.54) is 17.4 Å². The molecule has 0 aliphatic carbocycles. The molecule has 0 saturated carbocycles. The number of carboxylic acids is 1. The second-order valence-corrected chi connectivity index (χ2v) is 4.68. The Hall–Kier alpha value is -2.55. The van der Waals surface area contributed by atoms with Crippen molar-refractivity contribution >= 4 is 28.8 Å². The highest BCUT2D eigenvalue weighted by Crippen LogP contribution is 2.22. The average molecular weight is 294 g/mol. The predicted molar refractivity (Wildman–Crippen MR) is 72.1 cm³/mol. The van der Waals surface area contributed by atoms with Crippen LogP contribution in [-0.2, 0) is 6.54 Å². The Bertz CT molecular complexity index is 644. The molecule has 0 unspecified atom stereocenters. The molecule has 2 heterocycles. The van der Waals surface area contributed by atoms with Gasteiger partial charge >= 0.3 is 11.7 Å². The highest BCUT2D eigenvalue weighted by atomic mass is 32.1. The monoisotopic (exact) mass is 294 g/mol. The number of hydrogen-bond donors (Lipinski definition) is 1. The average Bonchev–Trinajstić information content (AvgIpc) is 2.90. The summed E-state index contributed by atoms with van der Waals surface area (Å²) in [6.07, 6.45) is 0.955. The predicted octanol–water partition coefficient (Wildman–Crippen LogP) is 1.78. The van der Waals surface area contributed by atoms with E-state index in [0.29, 0.717) is 12.4 Å². The largest absolute Gasteiger partial charge is 0.477 e. The summed E-state index contributed by atoms with van der Waals surface area (Å²) in [5, 5.41) is 21.6. The van der Waals surface area contributed by atoms with Crippen LogP contribution in [0, 0.1) is 10.1 Å². The van der Waals surface area contributed by atoms with Crippen LogP contribution in [0.2, 0.25) is 0 Å². The molecule has 0 fully saturated rings. The molecule has 2 rings (SSSR count). The molecule has 0 aromatic carbocycles. The van der Waals surface area contributed by atoms with Crippen molar-refractivity contribution in [2.75, 3.05) is 11.9 Å². The van der Waals surface area contributed by atoms with Crippen molar-refractivity contribution in [1.29, 1.82) is 0 Å². The molecule has 0 aliphatic rings. The van der Waals surface area contributed by atoms with Gasteiger partial charge in [-0.3, -0.25) is 10.1 Å². The van der Waals surface area contributed by atoms with E-state index in [2.05, 4.69) is 9.97 Å². The SMILES string of the molecule is CN(Cc1cscn1)c1cc(C(=O)O)c([N+](=O)[O-])cn1. The minimum absolute atomic E-state index is 0.334. The molecule has 0 spiro atoms. The van der Waals surface area contributed by atoms with Crippen molar-refractivity contribution < 1.29 is 14.8 Å². The molecule has 0 saturated heterocycles. The Labute approximate surface area is 117 Å². The van der Waals surface area contributed by atoms with Crippen LogP contribution in [0.4, 0.5) is 11.5 Å². The lowest BCUT2D eigenvalue weighted by molar-refractivity contribution is -0.385. The summed E-state index contributed by atoms with van der Waals surface area (Å²) in [7, 11) is 1.71. The Morgan fingerprint density at radius 1 is 1.55 bits per heavy atom. The standard InChI is InChI=1S/C11H10N4O4S/c1-14(4-7-5-20-6-13-7)10-2-8(11(16)17)9(3-12-10)15(18)19/h2-3,5-6H,4H2,1H3,(H,16,17). The molecule has 9 heteroatoms. The number of nitrogens with zero attached hydrogens (tertiary/aromatic N) is 4. The molecule has 104 valence electrons. The van der Waals surface area contributed by atoms with Crippen LogP contribution >= 0.6 is 11.3 Å². The summed E-state index contributed by atoms with van der Waals surface area (Å²) in [6.45, 7) is 0.438. The molecule has 0 atom stereocenters. The first-order valence-electron chi connectivity index (χ1n) is 5.45. The van der Waals surface area contributed by atoms with Crippen LogP contribution in [0.25, 0.3) is 0 Å². The Morgan fingerprint density at radius 3 is 2.85 bits per heavy atom. The van der Waals surface area contributed by atoms with E-state index in [4.69, 9.17) is 5.11 Å². The van der Waals surface area contributed by atoms with Crippen LogP contribution in [0.15, 0.2) is 23.2 Å². The zero-order valence-electron chi connectivity index (χ0n) is 10.4. The molecule has 2 aromatic rings. The number of aromatic nitrogens is 2. The Kier molecular flexibility index (Phi) is 3.89. The lowest BCUT2D eigenvalue weighted by Gasteiger charge is -2.16. The van der Waals surface area contributed by atoms with Crippen molar-refractivity contribution in [3.05, 3.63) is 44.5 Å². The summed E-state index contributed by atoms with van der Waals surface area (Å²) in [5.74, 6) is -1.02. The van der Waals surface area contributed by atoms with E-state index in [0.717, 1.165) is 11.9 Å². The quantitative estimate of drug-likeness (QED) is 0.661. The van der Waals surface area contributed by atoms with Crippen molar-refractivity contribution in [2.45, 2.75) is 6.54 Å². The highest BCUT2D eigenvalue weighted by molar-refractivity contribution is 7.07. The van der Waals surface area contributed by atoms with Gasteiger partial charge in [-0.25, -0.2) is 14.8 Å². The van der Waals surface area contributed by atoms with Gasteiger partial charge in [0.05, 0.1) is 22.7 Å². The van der Waals surface area contributed by atoms with Gasteiger partial charge in [0.15, 0.2) is 0 Å².